The molecule has 0 aliphatic carbocycles. The summed E-state index contributed by atoms with van der Waals surface area (Å²) >= 11 is 0. The number of amides is 6. The smallest absolute Gasteiger partial charge is 0.410 e. The molecule has 3 fully saturated rings. The predicted molar refractivity (Wildman–Crippen MR) is 402 cm³/mol. The van der Waals surface area contributed by atoms with Crippen molar-refractivity contribution in [2.45, 2.75) is 117 Å². The van der Waals surface area contributed by atoms with E-state index in [1.165, 1.54) is 77.5 Å². The number of benzene rings is 4. The lowest BCUT2D eigenvalue weighted by Gasteiger charge is -2.43. The fourth-order valence-electron chi connectivity index (χ4n) is 13.2. The Bertz CT molecular complexity index is 4750. The zero-order valence-electron chi connectivity index (χ0n) is 64.0. The van der Waals surface area contributed by atoms with Crippen LogP contribution in [0.3, 0.4) is 0 Å². The van der Waals surface area contributed by atoms with Gasteiger partial charge in [0.05, 0.1) is 52.2 Å². The number of aryl methyl sites for hydroxylation is 2. The van der Waals surface area contributed by atoms with Gasteiger partial charge in [-0.1, -0.05) is 13.8 Å². The van der Waals surface area contributed by atoms with E-state index in [1.807, 2.05) is 34.6 Å². The van der Waals surface area contributed by atoms with Gasteiger partial charge < -0.3 is 75.0 Å². The van der Waals surface area contributed by atoms with Crippen LogP contribution in [0.25, 0.3) is 33.8 Å². The molecular formula is C78H93F4N15O14. The molecule has 2 atom stereocenters. The highest BCUT2D eigenvalue weighted by Gasteiger charge is 2.38. The average molecular weight is 1540 g/mol. The van der Waals surface area contributed by atoms with E-state index in [-0.39, 0.29) is 65.5 Å². The Morgan fingerprint density at radius 1 is 0.523 bits per heavy atom. The molecular weight excluding hydrogens is 1450 g/mol. The summed E-state index contributed by atoms with van der Waals surface area (Å²) in [6.45, 7) is 18.7. The molecule has 8 aromatic rings. The van der Waals surface area contributed by atoms with Gasteiger partial charge >= 0.3 is 24.1 Å². The number of halogens is 4. The van der Waals surface area contributed by atoms with Crippen molar-refractivity contribution in [2.24, 2.45) is 17.8 Å². The highest BCUT2D eigenvalue weighted by atomic mass is 19.2. The van der Waals surface area contributed by atoms with E-state index in [2.05, 4.69) is 56.7 Å². The standard InChI is InChI=1S/C41H50F2N8O7.C37H43F2N7O7/c1-7-25-18-27(47-35-36-45-20-31(51(36)17-14-44-35)29-10-11-32(56-5)34(43)33(29)42)8-9-28(25)38(53)48-30(39(54)57-6)19-46-37(52)26-12-15-49(16-13-26)21-24-22-50(23-24)40(55)58-41(2,3)4;1-7-21-18-23(43-31-32-41-20-27(46(32)17-14-40-31)25-10-11-28(51-5)30(39)29(25)38)8-9-24(21)34(48)44-26(35(49)52-6)19-42-33(47)22-12-15-45(16-13-22)36(50)53-37(2,3)4/h8-11,14,17-18,20,24,26,30H,7,12-13,15-16,19,21-23H2,1-6H3,(H,44,47)(H,46,52)(H,48,53);8-11,14,17-18,20,22,26H,7,12-13,15-16,19H2,1-6H3,(H,40,43)(H,42,47)(H,44,48)/t30-;26-/m00/s1. The predicted octanol–water partition coefficient (Wildman–Crippen LogP) is 9.98. The Hall–Kier alpha value is -11.6. The molecule has 33 heteroatoms. The first-order valence-corrected chi connectivity index (χ1v) is 36.4. The van der Waals surface area contributed by atoms with Crippen molar-refractivity contribution in [3.8, 4) is 34.0 Å². The summed E-state index contributed by atoms with van der Waals surface area (Å²) in [6.07, 6.45) is 11.3. The van der Waals surface area contributed by atoms with Crippen LogP contribution in [0.1, 0.15) is 113 Å². The fourth-order valence-corrected chi connectivity index (χ4v) is 13.2. The van der Waals surface area contributed by atoms with E-state index in [4.69, 9.17) is 28.4 Å². The maximum Gasteiger partial charge on any atom is 0.410 e. The molecule has 11 rings (SSSR count). The van der Waals surface area contributed by atoms with Gasteiger partial charge in [-0.25, -0.2) is 47.9 Å². The van der Waals surface area contributed by atoms with Crippen LogP contribution in [-0.4, -0.2) is 202 Å². The quantitative estimate of drug-likeness (QED) is 0.0186. The van der Waals surface area contributed by atoms with E-state index < -0.39 is 76.4 Å². The van der Waals surface area contributed by atoms with Gasteiger partial charge in [-0.2, -0.15) is 8.78 Å². The molecule has 4 aromatic heterocycles. The van der Waals surface area contributed by atoms with Crippen LogP contribution < -0.4 is 41.4 Å². The van der Waals surface area contributed by atoms with E-state index in [0.717, 1.165) is 19.6 Å². The molecule has 6 N–H and O–H groups in total. The molecule has 592 valence electrons. The molecule has 0 spiro atoms. The maximum absolute atomic E-state index is 15.0. The fraction of sp³-hybridized carbons (Fsp3) is 0.436. The highest BCUT2D eigenvalue weighted by molar-refractivity contribution is 6.00. The Labute approximate surface area is 638 Å². The number of piperidine rings is 2. The van der Waals surface area contributed by atoms with Crippen LogP contribution in [0.2, 0.25) is 0 Å². The summed E-state index contributed by atoms with van der Waals surface area (Å²) in [7, 11) is 4.92. The molecule has 0 bridgehead atoms. The lowest BCUT2D eigenvalue weighted by Crippen LogP contribution is -2.55. The van der Waals surface area contributed by atoms with Crippen LogP contribution in [0.15, 0.2) is 97.8 Å². The Morgan fingerprint density at radius 2 is 0.928 bits per heavy atom. The number of esters is 2. The van der Waals surface area contributed by atoms with Crippen LogP contribution >= 0.6 is 0 Å². The first kappa shape index (κ1) is 81.9. The number of hydrogen-bond acceptors (Lipinski definition) is 21. The second-order valence-electron chi connectivity index (χ2n) is 29.0. The third kappa shape index (κ3) is 19.9. The summed E-state index contributed by atoms with van der Waals surface area (Å²) in [6, 6.07) is 13.3. The van der Waals surface area contributed by atoms with E-state index in [9.17, 15) is 55.9 Å². The molecule has 0 radical (unpaired) electrons. The van der Waals surface area contributed by atoms with Gasteiger partial charge in [-0.3, -0.25) is 28.0 Å². The van der Waals surface area contributed by atoms with Crippen molar-refractivity contribution in [3.05, 3.63) is 143 Å². The van der Waals surface area contributed by atoms with Crippen molar-refractivity contribution in [1.29, 1.82) is 0 Å². The largest absolute Gasteiger partial charge is 0.494 e. The Morgan fingerprint density at radius 3 is 1.32 bits per heavy atom. The molecule has 4 aromatic carbocycles. The number of carbonyl (C=O) groups excluding carboxylic acids is 8. The van der Waals surface area contributed by atoms with Gasteiger partial charge in [-0.05, 0) is 165 Å². The average Bonchev–Trinajstić information content (AvgIpc) is 1.62. The van der Waals surface area contributed by atoms with Gasteiger partial charge in [0.25, 0.3) is 11.8 Å². The van der Waals surface area contributed by atoms with Crippen LogP contribution in [0.4, 0.5) is 50.2 Å². The number of ether oxygens (including phenoxy) is 6. The summed E-state index contributed by atoms with van der Waals surface area (Å²) in [4.78, 5) is 126. The van der Waals surface area contributed by atoms with Gasteiger partial charge in [0, 0.05) is 122 Å². The normalized spacial score (nSPS) is 14.9. The molecule has 3 aliphatic heterocycles. The van der Waals surface area contributed by atoms with Crippen molar-refractivity contribution in [3.63, 3.8) is 0 Å². The number of carbonyl (C=O) groups is 8. The number of imidazole rings is 2. The number of nitrogens with one attached hydrogen (secondary N) is 6. The lowest BCUT2D eigenvalue weighted by molar-refractivity contribution is -0.144. The monoisotopic (exact) mass is 1540 g/mol. The molecule has 3 saturated heterocycles. The zero-order chi connectivity index (χ0) is 80.2. The van der Waals surface area contributed by atoms with E-state index in [1.54, 1.807) is 88.2 Å². The minimum absolute atomic E-state index is 0.00644. The van der Waals surface area contributed by atoms with Gasteiger partial charge in [0.1, 0.15) is 23.3 Å². The SMILES string of the molecule is CCc1cc(Nc2nccn3c(-c4ccc(OC)c(F)c4F)cnc23)ccc1C(=O)N[C@@H](CNC(=O)C1CCN(C(=O)OC(C)(C)C)CC1)C(=O)OC.CCc1cc(Nc2nccn3c(-c4ccc(OC)c(F)c4F)cnc23)ccc1C(=O)N[C@@H](CNC(=O)C1CCN(CC2CN(C(=O)OC(C)(C)C)C2)CC1)C(=O)OC. The number of likely N-dealkylation sites (tertiary alicyclic amines) is 3. The molecule has 111 heavy (non-hydrogen) atoms. The molecule has 0 unspecified atom stereocenters. The number of nitrogens with zero attached hydrogens (tertiary/aromatic N) is 9. The molecule has 3 aliphatic rings. The van der Waals surface area contributed by atoms with Crippen molar-refractivity contribution >= 4 is 82.1 Å². The van der Waals surface area contributed by atoms with Crippen LogP contribution in [0.5, 0.6) is 11.5 Å². The third-order valence-corrected chi connectivity index (χ3v) is 19.1. The van der Waals surface area contributed by atoms with Crippen LogP contribution in [0, 0.1) is 41.0 Å². The second-order valence-corrected chi connectivity index (χ2v) is 29.0. The molecule has 6 amide bonds. The minimum atomic E-state index is -1.17. The number of methoxy groups -OCH3 is 4. The number of fused-ring (bicyclic) bond motifs is 2. The zero-order valence-corrected chi connectivity index (χ0v) is 64.0. The van der Waals surface area contributed by atoms with E-state index >= 15 is 0 Å². The highest BCUT2D eigenvalue weighted by Crippen LogP contribution is 2.35. The molecule has 7 heterocycles. The summed E-state index contributed by atoms with van der Waals surface area (Å²) in [5.41, 5.74) is 3.21. The summed E-state index contributed by atoms with van der Waals surface area (Å²) in [5, 5.41) is 17.4. The second kappa shape index (κ2) is 35.8. The first-order chi connectivity index (χ1) is 52.9. The van der Waals surface area contributed by atoms with E-state index in [0.29, 0.717) is 139 Å². The topological polar surface area (TPSA) is 334 Å². The molecule has 0 saturated carbocycles. The summed E-state index contributed by atoms with van der Waals surface area (Å²) in [5.74, 6) is -7.38. The van der Waals surface area contributed by atoms with Crippen molar-refractivity contribution < 1.29 is 84.3 Å². The summed E-state index contributed by atoms with van der Waals surface area (Å²) < 4.78 is 92.5. The van der Waals surface area contributed by atoms with Gasteiger partial charge in [0.2, 0.25) is 23.4 Å². The minimum Gasteiger partial charge on any atom is -0.494 e. The number of anilines is 4. The van der Waals surface area contributed by atoms with Crippen LogP contribution in [-0.2, 0) is 51.0 Å². The first-order valence-electron chi connectivity index (χ1n) is 36.4. The third-order valence-electron chi connectivity index (χ3n) is 19.1. The Balaban J connectivity index is 0.000000237. The number of hydrogen-bond donors (Lipinski definition) is 6. The lowest BCUT2D eigenvalue weighted by atomic mass is 9.93. The number of rotatable bonds is 24. The maximum atomic E-state index is 15.0. The molecule has 29 nitrogen and oxygen atoms in total. The number of aromatic nitrogens is 6. The Kier molecular flexibility index (Phi) is 26.4. The van der Waals surface area contributed by atoms with Crippen molar-refractivity contribution in [2.75, 3.05) is 98.0 Å². The van der Waals surface area contributed by atoms with Crippen molar-refractivity contribution in [1.82, 2.24) is 64.7 Å². The van der Waals surface area contributed by atoms with Gasteiger partial charge in [-0.15, -0.1) is 0 Å². The van der Waals surface area contributed by atoms with Gasteiger partial charge in [0.15, 0.2) is 46.1 Å².